The van der Waals surface area contributed by atoms with Gasteiger partial charge in [-0.1, -0.05) is 29.8 Å². The number of carbonyl (C=O) groups excluding carboxylic acids is 2. The van der Waals surface area contributed by atoms with E-state index in [1.807, 2.05) is 24.3 Å². The van der Waals surface area contributed by atoms with Gasteiger partial charge in [-0.05, 0) is 24.5 Å². The first-order valence-electron chi connectivity index (χ1n) is 9.10. The van der Waals surface area contributed by atoms with Gasteiger partial charge in [0.1, 0.15) is 0 Å². The van der Waals surface area contributed by atoms with Crippen LogP contribution in [0, 0.1) is 5.92 Å². The molecule has 0 spiro atoms. The molecule has 1 aromatic heterocycles. The van der Waals surface area contributed by atoms with Gasteiger partial charge in [0.15, 0.2) is 5.13 Å². The molecule has 2 amide bonds. The number of halogens is 1. The van der Waals surface area contributed by atoms with Crippen LogP contribution in [0.1, 0.15) is 29.0 Å². The minimum atomic E-state index is -0.0230. The van der Waals surface area contributed by atoms with Gasteiger partial charge in [0.05, 0.1) is 12.2 Å². The highest BCUT2D eigenvalue weighted by Gasteiger charge is 2.31. The maximum atomic E-state index is 12.3. The lowest BCUT2D eigenvalue weighted by Gasteiger charge is -2.25. The number of nitrogens with zero attached hydrogens (tertiary/aromatic N) is 2. The zero-order valence-electron chi connectivity index (χ0n) is 14.8. The highest BCUT2D eigenvalue weighted by molar-refractivity contribution is 7.15. The molecule has 4 rings (SSSR count). The summed E-state index contributed by atoms with van der Waals surface area (Å²) in [5, 5.41) is 7.19. The Bertz CT molecular complexity index is 865. The van der Waals surface area contributed by atoms with Crippen molar-refractivity contribution in [1.29, 1.82) is 0 Å². The minimum absolute atomic E-state index is 0.0230. The molecule has 2 aliphatic rings. The molecule has 2 heterocycles. The third-order valence-corrected chi connectivity index (χ3v) is 6.16. The average Bonchev–Trinajstić information content (AvgIpc) is 3.42. The van der Waals surface area contributed by atoms with Crippen molar-refractivity contribution in [2.45, 2.75) is 32.4 Å². The summed E-state index contributed by atoms with van der Waals surface area (Å²) in [6.45, 7) is 2.24. The van der Waals surface area contributed by atoms with Crippen LogP contribution in [0.15, 0.2) is 24.3 Å². The highest BCUT2D eigenvalue weighted by Crippen LogP contribution is 2.32. The molecule has 1 fully saturated rings. The van der Waals surface area contributed by atoms with E-state index in [0.29, 0.717) is 29.8 Å². The van der Waals surface area contributed by atoms with E-state index in [-0.39, 0.29) is 17.7 Å². The third-order valence-electron chi connectivity index (χ3n) is 4.79. The predicted octanol–water partition coefficient (Wildman–Crippen LogP) is 2.82. The largest absolute Gasteiger partial charge is 0.351 e. The lowest BCUT2D eigenvalue weighted by Crippen LogP contribution is -2.39. The molecule has 0 saturated heterocycles. The molecule has 1 aromatic carbocycles. The van der Waals surface area contributed by atoms with Crippen LogP contribution in [-0.2, 0) is 29.1 Å². The summed E-state index contributed by atoms with van der Waals surface area (Å²) in [6, 6.07) is 7.50. The van der Waals surface area contributed by atoms with Crippen LogP contribution >= 0.6 is 22.9 Å². The molecular weight excluding hydrogens is 384 g/mol. The van der Waals surface area contributed by atoms with Crippen LogP contribution in [0.4, 0.5) is 5.13 Å². The van der Waals surface area contributed by atoms with Crippen molar-refractivity contribution in [2.75, 3.05) is 18.4 Å². The molecule has 6 nitrogen and oxygen atoms in total. The first-order chi connectivity index (χ1) is 13.1. The number of amides is 2. The van der Waals surface area contributed by atoms with Gasteiger partial charge in [0.25, 0.3) is 0 Å². The Hall–Kier alpha value is -1.96. The number of hydrogen-bond acceptors (Lipinski definition) is 5. The van der Waals surface area contributed by atoms with Gasteiger partial charge in [-0.25, -0.2) is 4.98 Å². The number of hydrogen-bond donors (Lipinski definition) is 2. The Morgan fingerprint density at radius 2 is 2.11 bits per heavy atom. The van der Waals surface area contributed by atoms with E-state index in [1.54, 1.807) is 0 Å². The summed E-state index contributed by atoms with van der Waals surface area (Å²) in [5.41, 5.74) is 1.95. The SMILES string of the molecule is O=C(CN1CCc2nc(NC(=O)C3CC3)sc2C1)NCc1ccccc1Cl. The lowest BCUT2D eigenvalue weighted by atomic mass is 10.2. The van der Waals surface area contributed by atoms with Crippen LogP contribution in [0.5, 0.6) is 0 Å². The van der Waals surface area contributed by atoms with Crippen molar-refractivity contribution in [3.8, 4) is 0 Å². The van der Waals surface area contributed by atoms with E-state index in [4.69, 9.17) is 11.6 Å². The van der Waals surface area contributed by atoms with Crippen molar-refractivity contribution in [1.82, 2.24) is 15.2 Å². The lowest BCUT2D eigenvalue weighted by molar-refractivity contribution is -0.122. The van der Waals surface area contributed by atoms with E-state index < -0.39 is 0 Å². The molecule has 142 valence electrons. The third kappa shape index (κ3) is 4.66. The van der Waals surface area contributed by atoms with E-state index in [1.165, 1.54) is 11.3 Å². The van der Waals surface area contributed by atoms with Gasteiger partial charge < -0.3 is 10.6 Å². The zero-order chi connectivity index (χ0) is 18.8. The number of nitrogens with one attached hydrogen (secondary N) is 2. The Morgan fingerprint density at radius 1 is 1.30 bits per heavy atom. The van der Waals surface area contributed by atoms with E-state index in [0.717, 1.165) is 41.9 Å². The van der Waals surface area contributed by atoms with Crippen LogP contribution in [0.25, 0.3) is 0 Å². The second-order valence-electron chi connectivity index (χ2n) is 6.98. The van der Waals surface area contributed by atoms with Crippen LogP contribution in [-0.4, -0.2) is 34.8 Å². The fourth-order valence-electron chi connectivity index (χ4n) is 3.08. The van der Waals surface area contributed by atoms with Gasteiger partial charge in [-0.2, -0.15) is 0 Å². The molecule has 8 heteroatoms. The fourth-order valence-corrected chi connectivity index (χ4v) is 4.34. The molecular formula is C19H21ClN4O2S. The Balaban J connectivity index is 1.28. The monoisotopic (exact) mass is 404 g/mol. The maximum absolute atomic E-state index is 12.3. The smallest absolute Gasteiger partial charge is 0.234 e. The molecule has 0 unspecified atom stereocenters. The Kier molecular flexibility index (Phi) is 5.43. The number of carbonyl (C=O) groups is 2. The van der Waals surface area contributed by atoms with Gasteiger partial charge in [0.2, 0.25) is 11.8 Å². The van der Waals surface area contributed by atoms with Gasteiger partial charge in [-0.3, -0.25) is 14.5 Å². The van der Waals surface area contributed by atoms with Crippen molar-refractivity contribution >= 4 is 39.9 Å². The van der Waals surface area contributed by atoms with Gasteiger partial charge in [-0.15, -0.1) is 11.3 Å². The molecule has 2 N–H and O–H groups in total. The molecule has 1 aliphatic carbocycles. The Labute approximate surface area is 166 Å². The number of anilines is 1. The number of thiazole rings is 1. The van der Waals surface area contributed by atoms with Gasteiger partial charge in [0, 0.05) is 41.9 Å². The Morgan fingerprint density at radius 3 is 2.89 bits per heavy atom. The fraction of sp³-hybridized carbons (Fsp3) is 0.421. The van der Waals surface area contributed by atoms with Crippen LogP contribution in [0.3, 0.4) is 0 Å². The van der Waals surface area contributed by atoms with E-state index in [2.05, 4.69) is 20.5 Å². The van der Waals surface area contributed by atoms with Crippen molar-refractivity contribution in [2.24, 2.45) is 5.92 Å². The first-order valence-corrected chi connectivity index (χ1v) is 10.3. The molecule has 0 radical (unpaired) electrons. The maximum Gasteiger partial charge on any atom is 0.234 e. The van der Waals surface area contributed by atoms with E-state index >= 15 is 0 Å². The summed E-state index contributed by atoms with van der Waals surface area (Å²) < 4.78 is 0. The second kappa shape index (κ2) is 7.96. The zero-order valence-corrected chi connectivity index (χ0v) is 16.4. The highest BCUT2D eigenvalue weighted by atomic mass is 35.5. The number of aromatic nitrogens is 1. The molecule has 0 atom stereocenters. The topological polar surface area (TPSA) is 74.3 Å². The summed E-state index contributed by atoms with van der Waals surface area (Å²) in [6.07, 6.45) is 2.75. The minimum Gasteiger partial charge on any atom is -0.351 e. The molecule has 2 aromatic rings. The normalized spacial score (nSPS) is 16.6. The second-order valence-corrected chi connectivity index (χ2v) is 8.47. The number of fused-ring (bicyclic) bond motifs is 1. The molecule has 1 aliphatic heterocycles. The first kappa shape index (κ1) is 18.4. The van der Waals surface area contributed by atoms with Gasteiger partial charge >= 0.3 is 0 Å². The summed E-state index contributed by atoms with van der Waals surface area (Å²) >= 11 is 7.64. The quantitative estimate of drug-likeness (QED) is 0.776. The standard InChI is InChI=1S/C19H21ClN4O2S/c20-14-4-2-1-3-13(14)9-21-17(25)11-24-8-7-15-16(10-24)27-19(22-15)23-18(26)12-5-6-12/h1-4,12H,5-11H2,(H,21,25)(H,22,23,26). The molecule has 27 heavy (non-hydrogen) atoms. The van der Waals surface area contributed by atoms with Crippen molar-refractivity contribution in [3.63, 3.8) is 0 Å². The summed E-state index contributed by atoms with van der Waals surface area (Å²) in [7, 11) is 0. The number of benzene rings is 1. The summed E-state index contributed by atoms with van der Waals surface area (Å²) in [5.74, 6) is 0.228. The van der Waals surface area contributed by atoms with Crippen LogP contribution in [0.2, 0.25) is 5.02 Å². The van der Waals surface area contributed by atoms with E-state index in [9.17, 15) is 9.59 Å². The average molecular weight is 405 g/mol. The molecule has 0 bridgehead atoms. The van der Waals surface area contributed by atoms with Crippen molar-refractivity contribution < 1.29 is 9.59 Å². The number of rotatable bonds is 6. The van der Waals surface area contributed by atoms with Crippen LogP contribution < -0.4 is 10.6 Å². The summed E-state index contributed by atoms with van der Waals surface area (Å²) in [4.78, 5) is 32.0. The van der Waals surface area contributed by atoms with Crippen molar-refractivity contribution in [3.05, 3.63) is 45.4 Å². The predicted molar refractivity (Wildman–Crippen MR) is 106 cm³/mol. The molecule has 1 saturated carbocycles.